The molecular weight excluding hydrogens is 404 g/mol. The van der Waals surface area contributed by atoms with E-state index >= 15 is 0 Å². The van der Waals surface area contributed by atoms with Crippen LogP contribution < -0.4 is 10.6 Å². The summed E-state index contributed by atoms with van der Waals surface area (Å²) in [4.78, 5) is 43.4. The molecule has 2 heterocycles. The third-order valence-electron chi connectivity index (χ3n) is 3.32. The Morgan fingerprint density at radius 1 is 1.00 bits per heavy atom. The molecule has 28 heavy (non-hydrogen) atoms. The lowest BCUT2D eigenvalue weighted by Crippen LogP contribution is -2.34. The summed E-state index contributed by atoms with van der Waals surface area (Å²) in [5, 5.41) is 18.4. The fourth-order valence-corrected chi connectivity index (χ4v) is 3.66. The average molecular weight is 427 g/mol. The first-order chi connectivity index (χ1) is 13.0. The maximum atomic E-state index is 12.4. The lowest BCUT2D eigenvalue weighted by molar-refractivity contribution is 0.0507. The van der Waals surface area contributed by atoms with E-state index < -0.39 is 35.7 Å². The van der Waals surface area contributed by atoms with Gasteiger partial charge in [0.15, 0.2) is 5.69 Å². The van der Waals surface area contributed by atoms with E-state index in [0.717, 1.165) is 11.3 Å². The number of ether oxygens (including phenoxy) is 1. The number of carboxylic acid groups (broad SMARTS) is 1. The molecule has 0 aliphatic rings. The summed E-state index contributed by atoms with van der Waals surface area (Å²) >= 11 is 2.40. The van der Waals surface area contributed by atoms with Crippen molar-refractivity contribution >= 4 is 40.6 Å². The summed E-state index contributed by atoms with van der Waals surface area (Å²) in [7, 11) is 0. The standard InChI is InChI=1S/C17H22N4O5S2/c1-8(13-21-11(7-28-13)15(23)24)18-12(22)10-6-27-14(20-10)9(2)19-16(25)26-17(3,4)5/h6-9H,1-5H3,(H,18,22)(H,19,25)(H,23,24)/t8-,9-/m0/s1. The molecule has 152 valence electrons. The van der Waals surface area contributed by atoms with E-state index in [1.165, 1.54) is 16.7 Å². The van der Waals surface area contributed by atoms with Crippen molar-refractivity contribution in [3.63, 3.8) is 0 Å². The number of carbonyl (C=O) groups excluding carboxylic acids is 2. The number of nitrogens with one attached hydrogen (secondary N) is 2. The molecule has 2 rings (SSSR count). The second-order valence-corrected chi connectivity index (χ2v) is 8.79. The van der Waals surface area contributed by atoms with Crippen molar-refractivity contribution in [3.05, 3.63) is 32.2 Å². The van der Waals surface area contributed by atoms with Crippen molar-refractivity contribution in [2.45, 2.75) is 52.3 Å². The first-order valence-corrected chi connectivity index (χ1v) is 10.2. The number of amides is 2. The van der Waals surface area contributed by atoms with E-state index in [-0.39, 0.29) is 11.4 Å². The summed E-state index contributed by atoms with van der Waals surface area (Å²) in [6.07, 6.45) is -0.562. The van der Waals surface area contributed by atoms with Crippen LogP contribution in [0.1, 0.15) is 77.7 Å². The van der Waals surface area contributed by atoms with Crippen LogP contribution in [0.3, 0.4) is 0 Å². The average Bonchev–Trinajstić information content (AvgIpc) is 3.22. The number of aromatic nitrogens is 2. The van der Waals surface area contributed by atoms with Crippen molar-refractivity contribution in [2.24, 2.45) is 0 Å². The molecule has 2 amide bonds. The van der Waals surface area contributed by atoms with Gasteiger partial charge in [-0.15, -0.1) is 22.7 Å². The normalized spacial score (nSPS) is 13.5. The molecule has 0 saturated heterocycles. The second-order valence-electron chi connectivity index (χ2n) is 7.01. The molecule has 0 aliphatic carbocycles. The van der Waals surface area contributed by atoms with Crippen LogP contribution in [0, 0.1) is 0 Å². The van der Waals surface area contributed by atoms with E-state index in [2.05, 4.69) is 20.6 Å². The van der Waals surface area contributed by atoms with Crippen molar-refractivity contribution < 1.29 is 24.2 Å². The van der Waals surface area contributed by atoms with Gasteiger partial charge in [0.1, 0.15) is 21.3 Å². The second kappa shape index (κ2) is 8.65. The first kappa shape index (κ1) is 21.8. The van der Waals surface area contributed by atoms with Crippen LogP contribution in [-0.2, 0) is 4.74 Å². The van der Waals surface area contributed by atoms with Crippen LogP contribution >= 0.6 is 22.7 Å². The molecule has 2 atom stereocenters. The minimum absolute atomic E-state index is 0.0564. The van der Waals surface area contributed by atoms with Crippen molar-refractivity contribution in [1.82, 2.24) is 20.6 Å². The molecule has 3 N–H and O–H groups in total. The van der Waals surface area contributed by atoms with E-state index in [1.807, 2.05) is 0 Å². The zero-order chi connectivity index (χ0) is 21.1. The summed E-state index contributed by atoms with van der Waals surface area (Å²) in [5.74, 6) is -1.52. The molecule has 0 unspecified atom stereocenters. The molecule has 2 aromatic heterocycles. The van der Waals surface area contributed by atoms with Gasteiger partial charge in [-0.3, -0.25) is 4.79 Å². The smallest absolute Gasteiger partial charge is 0.408 e. The molecule has 0 radical (unpaired) electrons. The number of nitrogens with zero attached hydrogens (tertiary/aromatic N) is 2. The highest BCUT2D eigenvalue weighted by atomic mass is 32.1. The van der Waals surface area contributed by atoms with Gasteiger partial charge in [-0.1, -0.05) is 0 Å². The van der Waals surface area contributed by atoms with Crippen LogP contribution in [0.15, 0.2) is 10.8 Å². The molecule has 9 nitrogen and oxygen atoms in total. The lowest BCUT2D eigenvalue weighted by Gasteiger charge is -2.21. The number of hydrogen-bond donors (Lipinski definition) is 3. The quantitative estimate of drug-likeness (QED) is 0.645. The number of aromatic carboxylic acids is 1. The zero-order valence-electron chi connectivity index (χ0n) is 16.1. The SMILES string of the molecule is C[C@H](NC(=O)OC(C)(C)C)c1nc(C(=O)N[C@@H](C)c2nc(C(=O)O)cs2)cs1. The summed E-state index contributed by atoms with van der Waals surface area (Å²) in [5.41, 5.74) is -0.455. The highest BCUT2D eigenvalue weighted by molar-refractivity contribution is 7.10. The van der Waals surface area contributed by atoms with E-state index in [4.69, 9.17) is 9.84 Å². The van der Waals surface area contributed by atoms with Crippen molar-refractivity contribution in [1.29, 1.82) is 0 Å². The van der Waals surface area contributed by atoms with Crippen LogP contribution in [0.25, 0.3) is 0 Å². The number of alkyl carbamates (subject to hydrolysis) is 1. The molecule has 0 aromatic carbocycles. The number of thiazole rings is 2. The topological polar surface area (TPSA) is 131 Å². The largest absolute Gasteiger partial charge is 0.476 e. The van der Waals surface area contributed by atoms with Crippen LogP contribution in [0.2, 0.25) is 0 Å². The van der Waals surface area contributed by atoms with Crippen molar-refractivity contribution in [3.8, 4) is 0 Å². The van der Waals surface area contributed by atoms with Gasteiger partial charge in [0.05, 0.1) is 12.1 Å². The Morgan fingerprint density at radius 2 is 1.50 bits per heavy atom. The van der Waals surface area contributed by atoms with Crippen LogP contribution in [-0.4, -0.2) is 38.6 Å². The Kier molecular flexibility index (Phi) is 6.73. The van der Waals surface area contributed by atoms with Gasteiger partial charge in [0, 0.05) is 10.8 Å². The minimum Gasteiger partial charge on any atom is -0.476 e. The molecule has 0 spiro atoms. The number of carboxylic acids is 1. The predicted molar refractivity (Wildman–Crippen MR) is 105 cm³/mol. The maximum absolute atomic E-state index is 12.4. The highest BCUT2D eigenvalue weighted by Gasteiger charge is 2.22. The monoisotopic (exact) mass is 426 g/mol. The van der Waals surface area contributed by atoms with Gasteiger partial charge in [0.2, 0.25) is 0 Å². The molecule has 2 aromatic rings. The highest BCUT2D eigenvalue weighted by Crippen LogP contribution is 2.21. The summed E-state index contributed by atoms with van der Waals surface area (Å²) in [6, 6.07) is -0.885. The Morgan fingerprint density at radius 3 is 2.00 bits per heavy atom. The lowest BCUT2D eigenvalue weighted by atomic mass is 10.2. The van der Waals surface area contributed by atoms with Gasteiger partial charge in [-0.2, -0.15) is 0 Å². The predicted octanol–water partition coefficient (Wildman–Crippen LogP) is 3.37. The minimum atomic E-state index is -1.11. The molecule has 0 fully saturated rings. The Labute approximate surface area is 170 Å². The van der Waals surface area contributed by atoms with Gasteiger partial charge in [-0.05, 0) is 34.6 Å². The van der Waals surface area contributed by atoms with Crippen LogP contribution in [0.4, 0.5) is 4.79 Å². The Hall–Kier alpha value is -2.53. The van der Waals surface area contributed by atoms with Gasteiger partial charge >= 0.3 is 12.1 Å². The zero-order valence-corrected chi connectivity index (χ0v) is 17.7. The maximum Gasteiger partial charge on any atom is 0.408 e. The Balaban J connectivity index is 1.97. The van der Waals surface area contributed by atoms with E-state index in [0.29, 0.717) is 10.0 Å². The van der Waals surface area contributed by atoms with E-state index in [9.17, 15) is 14.4 Å². The summed E-state index contributed by atoms with van der Waals surface area (Å²) < 4.78 is 5.20. The molecular formula is C17H22N4O5S2. The summed E-state index contributed by atoms with van der Waals surface area (Å²) in [6.45, 7) is 8.77. The third-order valence-corrected chi connectivity index (χ3v) is 5.37. The first-order valence-electron chi connectivity index (χ1n) is 8.41. The van der Waals surface area contributed by atoms with Gasteiger partial charge in [0.25, 0.3) is 5.91 Å². The molecule has 0 saturated carbocycles. The van der Waals surface area contributed by atoms with Gasteiger partial charge < -0.3 is 20.5 Å². The fourth-order valence-electron chi connectivity index (χ4n) is 2.05. The number of carbonyl (C=O) groups is 3. The van der Waals surface area contributed by atoms with Crippen LogP contribution in [0.5, 0.6) is 0 Å². The van der Waals surface area contributed by atoms with Gasteiger partial charge in [-0.25, -0.2) is 19.6 Å². The molecule has 0 aliphatic heterocycles. The fraction of sp³-hybridized carbons (Fsp3) is 0.471. The third kappa shape index (κ3) is 5.99. The molecule has 11 heteroatoms. The number of rotatable bonds is 6. The number of hydrogen-bond acceptors (Lipinski definition) is 8. The van der Waals surface area contributed by atoms with Crippen molar-refractivity contribution in [2.75, 3.05) is 0 Å². The Bertz CT molecular complexity index is 871. The van der Waals surface area contributed by atoms with E-state index in [1.54, 1.807) is 40.0 Å². The molecule has 0 bridgehead atoms.